The molecule has 0 aliphatic heterocycles. The lowest BCUT2D eigenvalue weighted by Crippen LogP contribution is -2.08. The fourth-order valence-electron chi connectivity index (χ4n) is 1.96. The van der Waals surface area contributed by atoms with Gasteiger partial charge in [0.05, 0.1) is 32.2 Å². The topological polar surface area (TPSA) is 120 Å². The van der Waals surface area contributed by atoms with Crippen molar-refractivity contribution in [2.45, 2.75) is 4.90 Å². The lowest BCUT2D eigenvalue weighted by molar-refractivity contribution is -0.385. The van der Waals surface area contributed by atoms with Gasteiger partial charge >= 0.3 is 11.7 Å². The summed E-state index contributed by atoms with van der Waals surface area (Å²) in [4.78, 5) is 22.1. The highest BCUT2D eigenvalue weighted by Crippen LogP contribution is 2.39. The second-order valence-electron chi connectivity index (χ2n) is 4.83. The lowest BCUT2D eigenvalue weighted by atomic mass is 10.2. The minimum Gasteiger partial charge on any atom is -0.465 e. The summed E-state index contributed by atoms with van der Waals surface area (Å²) in [5.41, 5.74) is -0.750. The van der Waals surface area contributed by atoms with Crippen LogP contribution in [0.1, 0.15) is 10.4 Å². The van der Waals surface area contributed by atoms with Crippen LogP contribution in [0.2, 0.25) is 0 Å². The number of nitro benzene ring substituents is 1. The van der Waals surface area contributed by atoms with Crippen molar-refractivity contribution in [3.05, 3.63) is 58.1 Å². The molecule has 0 amide bonds. The Balaban J connectivity index is 2.74. The van der Waals surface area contributed by atoms with Crippen LogP contribution >= 0.6 is 0 Å². The van der Waals surface area contributed by atoms with Crippen molar-refractivity contribution in [3.63, 3.8) is 0 Å². The van der Waals surface area contributed by atoms with Crippen LogP contribution in [-0.2, 0) is 14.5 Å². The molecule has 0 saturated carbocycles. The van der Waals surface area contributed by atoms with Crippen LogP contribution in [0.4, 0.5) is 5.69 Å². The molecule has 0 saturated heterocycles. The highest BCUT2D eigenvalue weighted by atomic mass is 32.2. The van der Waals surface area contributed by atoms with Gasteiger partial charge in [0.15, 0.2) is 0 Å². The zero-order valence-corrected chi connectivity index (χ0v) is 13.7. The Bertz CT molecular complexity index is 894. The molecule has 8 nitrogen and oxygen atoms in total. The number of hydrogen-bond acceptors (Lipinski definition) is 7. The summed E-state index contributed by atoms with van der Waals surface area (Å²) >= 11 is 0. The molecule has 2 aromatic rings. The largest absolute Gasteiger partial charge is 0.465 e. The van der Waals surface area contributed by atoms with E-state index in [9.17, 15) is 19.1 Å². The standard InChI is InChI=1S/C15H14N2O6S/c1-22-15(18)10-8-12(17(19)20)14(13(9-10)24(2,16)21)23-11-6-4-3-5-7-11/h3-9,16H,1-2H3. The highest BCUT2D eigenvalue weighted by Gasteiger charge is 2.27. The predicted molar refractivity (Wildman–Crippen MR) is 86.0 cm³/mol. The average Bonchev–Trinajstić information content (AvgIpc) is 2.53. The van der Waals surface area contributed by atoms with E-state index in [-0.39, 0.29) is 22.0 Å². The third-order valence-electron chi connectivity index (χ3n) is 3.04. The van der Waals surface area contributed by atoms with Crippen LogP contribution in [0, 0.1) is 14.9 Å². The van der Waals surface area contributed by atoms with Gasteiger partial charge in [-0.1, -0.05) is 18.2 Å². The van der Waals surface area contributed by atoms with E-state index in [2.05, 4.69) is 4.74 Å². The first-order chi connectivity index (χ1) is 11.2. The Morgan fingerprint density at radius 2 is 1.88 bits per heavy atom. The Morgan fingerprint density at radius 3 is 2.38 bits per heavy atom. The van der Waals surface area contributed by atoms with Crippen molar-refractivity contribution in [3.8, 4) is 11.5 Å². The summed E-state index contributed by atoms with van der Waals surface area (Å²) in [6, 6.07) is 10.3. The van der Waals surface area contributed by atoms with E-state index in [1.54, 1.807) is 30.3 Å². The first kappa shape index (κ1) is 17.4. The van der Waals surface area contributed by atoms with E-state index in [4.69, 9.17) is 9.52 Å². The number of esters is 1. The first-order valence-electron chi connectivity index (χ1n) is 6.61. The van der Waals surface area contributed by atoms with Crippen molar-refractivity contribution >= 4 is 21.4 Å². The first-order valence-corrected chi connectivity index (χ1v) is 8.58. The van der Waals surface area contributed by atoms with Crippen molar-refractivity contribution in [1.29, 1.82) is 4.78 Å². The van der Waals surface area contributed by atoms with Gasteiger partial charge in [0, 0.05) is 12.3 Å². The van der Waals surface area contributed by atoms with Crippen LogP contribution in [0.15, 0.2) is 47.4 Å². The molecule has 0 fully saturated rings. The maximum Gasteiger partial charge on any atom is 0.338 e. The van der Waals surface area contributed by atoms with Gasteiger partial charge in [0.2, 0.25) is 5.75 Å². The fourth-order valence-corrected chi connectivity index (χ4v) is 2.81. The molecule has 0 aliphatic rings. The van der Waals surface area contributed by atoms with Gasteiger partial charge in [-0.25, -0.2) is 13.8 Å². The highest BCUT2D eigenvalue weighted by molar-refractivity contribution is 7.91. The Labute approximate surface area is 138 Å². The molecule has 2 aromatic carbocycles. The maximum absolute atomic E-state index is 12.2. The number of nitrogens with zero attached hydrogens (tertiary/aromatic N) is 1. The van der Waals surface area contributed by atoms with Crippen molar-refractivity contribution < 1.29 is 23.4 Å². The molecular weight excluding hydrogens is 336 g/mol. The third-order valence-corrected chi connectivity index (χ3v) is 4.18. The SMILES string of the molecule is COC(=O)c1cc([N+](=O)[O-])c(Oc2ccccc2)c(S(C)(=N)=O)c1. The van der Waals surface area contributed by atoms with Crippen LogP contribution in [-0.4, -0.2) is 28.5 Å². The van der Waals surface area contributed by atoms with Crippen LogP contribution in [0.5, 0.6) is 11.5 Å². The number of rotatable bonds is 5. The van der Waals surface area contributed by atoms with E-state index < -0.39 is 26.3 Å². The van der Waals surface area contributed by atoms with Gasteiger partial charge in [-0.05, 0) is 18.2 Å². The maximum atomic E-state index is 12.2. The molecule has 0 aliphatic carbocycles. The zero-order valence-electron chi connectivity index (χ0n) is 12.8. The number of benzene rings is 2. The van der Waals surface area contributed by atoms with Gasteiger partial charge in [-0.2, -0.15) is 0 Å². The van der Waals surface area contributed by atoms with Crippen LogP contribution < -0.4 is 4.74 Å². The molecule has 24 heavy (non-hydrogen) atoms. The number of ether oxygens (including phenoxy) is 2. The normalized spacial score (nSPS) is 12.9. The predicted octanol–water partition coefficient (Wildman–Crippen LogP) is 3.21. The number of carbonyl (C=O) groups excluding carboxylic acids is 1. The van der Waals surface area contributed by atoms with Gasteiger partial charge in [-0.3, -0.25) is 10.1 Å². The molecule has 1 atom stereocenters. The summed E-state index contributed by atoms with van der Waals surface area (Å²) in [5, 5.41) is 11.4. The minimum absolute atomic E-state index is 0.179. The number of hydrogen-bond donors (Lipinski definition) is 1. The van der Waals surface area contributed by atoms with Gasteiger partial charge in [-0.15, -0.1) is 0 Å². The van der Waals surface area contributed by atoms with Crippen molar-refractivity contribution in [2.75, 3.05) is 13.4 Å². The monoisotopic (exact) mass is 350 g/mol. The van der Waals surface area contributed by atoms with Crippen LogP contribution in [0.25, 0.3) is 0 Å². The third kappa shape index (κ3) is 3.69. The van der Waals surface area contributed by atoms with E-state index in [0.29, 0.717) is 0 Å². The molecule has 0 aromatic heterocycles. The Morgan fingerprint density at radius 1 is 1.25 bits per heavy atom. The number of nitrogens with one attached hydrogen (secondary N) is 1. The number of nitro groups is 1. The van der Waals surface area contributed by atoms with E-state index in [1.807, 2.05) is 0 Å². The average molecular weight is 350 g/mol. The van der Waals surface area contributed by atoms with E-state index in [0.717, 1.165) is 25.5 Å². The molecule has 2 rings (SSSR count). The molecule has 0 heterocycles. The zero-order chi connectivity index (χ0) is 17.9. The number of methoxy groups -OCH3 is 1. The summed E-state index contributed by atoms with van der Waals surface area (Å²) in [7, 11) is -2.29. The second kappa shape index (κ2) is 6.67. The number of para-hydroxylation sites is 1. The molecule has 0 bridgehead atoms. The molecule has 1 unspecified atom stereocenters. The van der Waals surface area contributed by atoms with E-state index >= 15 is 0 Å². The Hall–Kier alpha value is -2.94. The van der Waals surface area contributed by atoms with Gasteiger partial charge < -0.3 is 9.47 Å². The molecule has 126 valence electrons. The quantitative estimate of drug-likeness (QED) is 0.502. The number of carbonyl (C=O) groups is 1. The van der Waals surface area contributed by atoms with Crippen molar-refractivity contribution in [2.24, 2.45) is 0 Å². The summed E-state index contributed by atoms with van der Waals surface area (Å²) in [5.74, 6) is -0.896. The van der Waals surface area contributed by atoms with Gasteiger partial charge in [0.1, 0.15) is 5.75 Å². The Kier molecular flexibility index (Phi) is 4.84. The van der Waals surface area contributed by atoms with E-state index in [1.165, 1.54) is 0 Å². The molecule has 0 radical (unpaired) electrons. The minimum atomic E-state index is -3.41. The molecular formula is C15H14N2O6S. The fraction of sp³-hybridized carbons (Fsp3) is 0.133. The van der Waals surface area contributed by atoms with Gasteiger partial charge in [0.25, 0.3) is 0 Å². The van der Waals surface area contributed by atoms with Crippen LogP contribution in [0.3, 0.4) is 0 Å². The van der Waals surface area contributed by atoms with Crippen molar-refractivity contribution in [1.82, 2.24) is 0 Å². The smallest absolute Gasteiger partial charge is 0.338 e. The summed E-state index contributed by atoms with van der Waals surface area (Å²) in [6.45, 7) is 0. The summed E-state index contributed by atoms with van der Waals surface area (Å²) < 4.78 is 30.1. The molecule has 9 heteroatoms. The lowest BCUT2D eigenvalue weighted by Gasteiger charge is -2.13. The molecule has 1 N–H and O–H groups in total. The molecule has 0 spiro atoms. The summed E-state index contributed by atoms with van der Waals surface area (Å²) in [6.07, 6.45) is 1.09. The second-order valence-corrected chi connectivity index (χ2v) is 6.96.